The van der Waals surface area contributed by atoms with Gasteiger partial charge in [-0.05, 0) is 31.5 Å². The highest BCUT2D eigenvalue weighted by atomic mass is 19.4. The topological polar surface area (TPSA) is 90.1 Å². The minimum Gasteiger partial charge on any atom is -0.319 e. The Morgan fingerprint density at radius 1 is 1.33 bits per heavy atom. The fraction of sp³-hybridized carbons (Fsp3) is 0.286. The first-order valence-electron chi connectivity index (χ1n) is 6.74. The van der Waals surface area contributed by atoms with E-state index in [9.17, 15) is 28.1 Å². The summed E-state index contributed by atoms with van der Waals surface area (Å²) in [5, 5.41) is 16.6. The van der Waals surface area contributed by atoms with E-state index in [0.717, 1.165) is 10.7 Å². The molecular formula is C14H13F3N4O3. The Morgan fingerprint density at radius 2 is 2.00 bits per heavy atom. The molecule has 2 rings (SSSR count). The summed E-state index contributed by atoms with van der Waals surface area (Å²) in [6.45, 7) is 2.54. The fourth-order valence-electron chi connectivity index (χ4n) is 2.03. The first-order chi connectivity index (χ1) is 11.1. The highest BCUT2D eigenvalue weighted by Gasteiger charge is 2.34. The Hall–Kier alpha value is -2.91. The molecule has 1 aromatic carbocycles. The van der Waals surface area contributed by atoms with E-state index < -0.39 is 29.2 Å². The van der Waals surface area contributed by atoms with Crippen LogP contribution < -0.4 is 5.32 Å². The number of amides is 1. The Balaban J connectivity index is 2.18. The third-order valence-corrected chi connectivity index (χ3v) is 3.19. The molecule has 0 spiro atoms. The van der Waals surface area contributed by atoms with Crippen LogP contribution in [0, 0.1) is 24.0 Å². The zero-order chi connectivity index (χ0) is 18.1. The van der Waals surface area contributed by atoms with Crippen molar-refractivity contribution < 1.29 is 22.9 Å². The summed E-state index contributed by atoms with van der Waals surface area (Å²) in [6.07, 6.45) is -4.61. The number of hydrogen-bond acceptors (Lipinski definition) is 4. The van der Waals surface area contributed by atoms with Crippen LogP contribution in [0.15, 0.2) is 24.3 Å². The lowest BCUT2D eigenvalue weighted by Gasteiger charge is -2.08. The summed E-state index contributed by atoms with van der Waals surface area (Å²) in [5.74, 6) is -0.720. The van der Waals surface area contributed by atoms with E-state index in [0.29, 0.717) is 5.56 Å². The highest BCUT2D eigenvalue weighted by molar-refractivity contribution is 5.93. The Bertz CT molecular complexity index is 799. The predicted octanol–water partition coefficient (Wildman–Crippen LogP) is 3.07. The SMILES string of the molecule is Cc1ccc(NC(=O)Cn2nc(C(F)(F)F)cc2C)c([N+](=O)[O-])c1. The molecule has 1 heterocycles. The second kappa shape index (κ2) is 6.30. The maximum Gasteiger partial charge on any atom is 0.435 e. The van der Waals surface area contributed by atoms with Crippen LogP contribution in [0.2, 0.25) is 0 Å². The van der Waals surface area contributed by atoms with Crippen LogP contribution in [0.5, 0.6) is 0 Å². The standard InChI is InChI=1S/C14H13F3N4O3/c1-8-3-4-10(11(5-8)21(23)24)18-13(22)7-20-9(2)6-12(19-20)14(15,16)17/h3-6H,7H2,1-2H3,(H,18,22). The number of nitrogens with one attached hydrogen (secondary N) is 1. The van der Waals surface area contributed by atoms with Gasteiger partial charge in [-0.2, -0.15) is 18.3 Å². The normalized spacial score (nSPS) is 11.4. The summed E-state index contributed by atoms with van der Waals surface area (Å²) in [4.78, 5) is 22.3. The monoisotopic (exact) mass is 342 g/mol. The van der Waals surface area contributed by atoms with Gasteiger partial charge in [-0.3, -0.25) is 19.6 Å². The molecule has 0 atom stereocenters. The van der Waals surface area contributed by atoms with Crippen LogP contribution in [-0.4, -0.2) is 20.6 Å². The molecule has 0 fully saturated rings. The molecule has 0 saturated carbocycles. The van der Waals surface area contributed by atoms with Gasteiger partial charge in [0, 0.05) is 11.8 Å². The van der Waals surface area contributed by atoms with Crippen molar-refractivity contribution in [2.24, 2.45) is 0 Å². The molecule has 1 aromatic heterocycles. The number of alkyl halides is 3. The van der Waals surface area contributed by atoms with E-state index in [4.69, 9.17) is 0 Å². The number of hydrogen-bond donors (Lipinski definition) is 1. The number of nitro benzene ring substituents is 1. The number of carbonyl (C=O) groups excluding carboxylic acids is 1. The third kappa shape index (κ3) is 3.89. The molecule has 7 nitrogen and oxygen atoms in total. The van der Waals surface area contributed by atoms with Gasteiger partial charge in [-0.15, -0.1) is 0 Å². The first-order valence-corrected chi connectivity index (χ1v) is 6.74. The van der Waals surface area contributed by atoms with Crippen molar-refractivity contribution in [1.29, 1.82) is 0 Å². The summed E-state index contributed by atoms with van der Waals surface area (Å²) in [5.41, 5.74) is -0.643. The van der Waals surface area contributed by atoms with Gasteiger partial charge in [0.05, 0.1) is 4.92 Å². The van der Waals surface area contributed by atoms with Crippen LogP contribution in [0.3, 0.4) is 0 Å². The van der Waals surface area contributed by atoms with Crippen molar-refractivity contribution in [3.8, 4) is 0 Å². The zero-order valence-corrected chi connectivity index (χ0v) is 12.7. The third-order valence-electron chi connectivity index (χ3n) is 3.19. The second-order valence-electron chi connectivity index (χ2n) is 5.15. The maximum absolute atomic E-state index is 12.6. The fourth-order valence-corrected chi connectivity index (χ4v) is 2.03. The Morgan fingerprint density at radius 3 is 2.54 bits per heavy atom. The quantitative estimate of drug-likeness (QED) is 0.683. The smallest absolute Gasteiger partial charge is 0.319 e. The minimum absolute atomic E-state index is 0.0311. The molecule has 0 aliphatic rings. The number of halogens is 3. The number of aromatic nitrogens is 2. The van der Waals surface area contributed by atoms with Crippen molar-refractivity contribution >= 4 is 17.3 Å². The predicted molar refractivity (Wildman–Crippen MR) is 78.4 cm³/mol. The number of rotatable bonds is 4. The van der Waals surface area contributed by atoms with E-state index in [2.05, 4.69) is 10.4 Å². The molecule has 0 saturated heterocycles. The highest BCUT2D eigenvalue weighted by Crippen LogP contribution is 2.28. The van der Waals surface area contributed by atoms with E-state index in [1.54, 1.807) is 13.0 Å². The minimum atomic E-state index is -4.61. The second-order valence-corrected chi connectivity index (χ2v) is 5.15. The molecular weight excluding hydrogens is 329 g/mol. The van der Waals surface area contributed by atoms with Gasteiger partial charge >= 0.3 is 6.18 Å². The van der Waals surface area contributed by atoms with Crippen LogP contribution in [0.4, 0.5) is 24.5 Å². The molecule has 2 aromatic rings. The first kappa shape index (κ1) is 17.4. The summed E-state index contributed by atoms with van der Waals surface area (Å²) < 4.78 is 38.7. The van der Waals surface area contributed by atoms with Crippen LogP contribution in [0.25, 0.3) is 0 Å². The molecule has 1 N–H and O–H groups in total. The van der Waals surface area contributed by atoms with Gasteiger partial charge < -0.3 is 5.32 Å². The number of nitro groups is 1. The molecule has 0 bridgehead atoms. The summed E-state index contributed by atoms with van der Waals surface area (Å²) in [6, 6.07) is 5.05. The van der Waals surface area contributed by atoms with Gasteiger partial charge in [-0.1, -0.05) is 6.07 Å². The number of carbonyl (C=O) groups is 1. The van der Waals surface area contributed by atoms with Gasteiger partial charge in [-0.25, -0.2) is 0 Å². The molecule has 24 heavy (non-hydrogen) atoms. The Kier molecular flexibility index (Phi) is 4.58. The van der Waals surface area contributed by atoms with Crippen molar-refractivity contribution in [3.05, 3.63) is 51.3 Å². The lowest BCUT2D eigenvalue weighted by atomic mass is 10.2. The molecule has 1 amide bonds. The lowest BCUT2D eigenvalue weighted by molar-refractivity contribution is -0.384. The number of aryl methyl sites for hydroxylation is 2. The zero-order valence-electron chi connectivity index (χ0n) is 12.7. The van der Waals surface area contributed by atoms with Crippen LogP contribution in [0.1, 0.15) is 17.0 Å². The van der Waals surface area contributed by atoms with Crippen LogP contribution in [-0.2, 0) is 17.5 Å². The number of nitrogens with zero attached hydrogens (tertiary/aromatic N) is 3. The van der Waals surface area contributed by atoms with Gasteiger partial charge in [0.2, 0.25) is 5.91 Å². The van der Waals surface area contributed by atoms with Crippen molar-refractivity contribution in [1.82, 2.24) is 9.78 Å². The molecule has 0 radical (unpaired) electrons. The van der Waals surface area contributed by atoms with E-state index in [1.165, 1.54) is 19.1 Å². The van der Waals surface area contributed by atoms with E-state index >= 15 is 0 Å². The molecule has 0 aliphatic carbocycles. The van der Waals surface area contributed by atoms with Crippen molar-refractivity contribution in [2.75, 3.05) is 5.32 Å². The average molecular weight is 342 g/mol. The number of benzene rings is 1. The summed E-state index contributed by atoms with van der Waals surface area (Å²) in [7, 11) is 0. The lowest BCUT2D eigenvalue weighted by Crippen LogP contribution is -2.21. The molecule has 0 aliphatic heterocycles. The van der Waals surface area contributed by atoms with Crippen molar-refractivity contribution in [3.63, 3.8) is 0 Å². The molecule has 10 heteroatoms. The Labute approximate surface area is 134 Å². The van der Waals surface area contributed by atoms with Gasteiger partial charge in [0.25, 0.3) is 5.69 Å². The van der Waals surface area contributed by atoms with Crippen LogP contribution >= 0.6 is 0 Å². The molecule has 0 unspecified atom stereocenters. The average Bonchev–Trinajstić information content (AvgIpc) is 2.82. The van der Waals surface area contributed by atoms with Crippen molar-refractivity contribution in [2.45, 2.75) is 26.6 Å². The summed E-state index contributed by atoms with van der Waals surface area (Å²) >= 11 is 0. The molecule has 128 valence electrons. The number of anilines is 1. The van der Waals surface area contributed by atoms with E-state index in [1.807, 2.05) is 0 Å². The van der Waals surface area contributed by atoms with E-state index in [-0.39, 0.29) is 17.1 Å². The van der Waals surface area contributed by atoms with Gasteiger partial charge in [0.15, 0.2) is 5.69 Å². The largest absolute Gasteiger partial charge is 0.435 e. The maximum atomic E-state index is 12.6. The van der Waals surface area contributed by atoms with Gasteiger partial charge in [0.1, 0.15) is 12.2 Å².